The molecule has 2 aromatic rings. The number of hydrogen-bond donors (Lipinski definition) is 3. The van der Waals surface area contributed by atoms with Gasteiger partial charge in [0.2, 0.25) is 0 Å². The SMILES string of the molecule is Cc1cc(C)c(NS(=O)(=O)c2ccc(NN)nc2)c(Br)c1. The van der Waals surface area contributed by atoms with Crippen LogP contribution in [-0.4, -0.2) is 13.4 Å². The maximum atomic E-state index is 12.4. The van der Waals surface area contributed by atoms with Crippen LogP contribution in [0.25, 0.3) is 0 Å². The van der Waals surface area contributed by atoms with Gasteiger partial charge in [-0.05, 0) is 59.1 Å². The van der Waals surface area contributed by atoms with E-state index in [-0.39, 0.29) is 4.90 Å². The summed E-state index contributed by atoms with van der Waals surface area (Å²) in [6.07, 6.45) is 1.24. The van der Waals surface area contributed by atoms with Crippen molar-refractivity contribution in [1.29, 1.82) is 0 Å². The van der Waals surface area contributed by atoms with E-state index in [0.29, 0.717) is 16.0 Å². The topological polar surface area (TPSA) is 97.1 Å². The van der Waals surface area contributed by atoms with Gasteiger partial charge >= 0.3 is 0 Å². The third-order valence-electron chi connectivity index (χ3n) is 2.86. The molecule has 0 radical (unpaired) electrons. The van der Waals surface area contributed by atoms with E-state index in [1.165, 1.54) is 18.3 Å². The molecule has 1 aromatic carbocycles. The van der Waals surface area contributed by atoms with Crippen molar-refractivity contribution >= 4 is 37.5 Å². The molecule has 0 spiro atoms. The molecule has 6 nitrogen and oxygen atoms in total. The lowest BCUT2D eigenvalue weighted by molar-refractivity contribution is 0.601. The van der Waals surface area contributed by atoms with Crippen LogP contribution < -0.4 is 16.0 Å². The van der Waals surface area contributed by atoms with Crippen molar-refractivity contribution in [3.63, 3.8) is 0 Å². The number of pyridine rings is 1. The Balaban J connectivity index is 2.37. The lowest BCUT2D eigenvalue weighted by Gasteiger charge is -2.13. The van der Waals surface area contributed by atoms with Gasteiger partial charge in [-0.3, -0.25) is 4.72 Å². The van der Waals surface area contributed by atoms with Crippen LogP contribution in [0.5, 0.6) is 0 Å². The zero-order valence-corrected chi connectivity index (χ0v) is 13.9. The van der Waals surface area contributed by atoms with Crippen LogP contribution in [0.4, 0.5) is 11.5 Å². The largest absolute Gasteiger partial charge is 0.308 e. The molecule has 112 valence electrons. The number of hydrazine groups is 1. The van der Waals surface area contributed by atoms with E-state index in [0.717, 1.165) is 11.1 Å². The Labute approximate surface area is 131 Å². The third-order valence-corrected chi connectivity index (χ3v) is 4.82. The fourth-order valence-corrected chi connectivity index (χ4v) is 3.86. The molecule has 0 saturated carbocycles. The lowest BCUT2D eigenvalue weighted by atomic mass is 10.1. The number of anilines is 2. The van der Waals surface area contributed by atoms with Crippen molar-refractivity contribution in [1.82, 2.24) is 4.98 Å². The Morgan fingerprint density at radius 3 is 2.48 bits per heavy atom. The number of aromatic nitrogens is 1. The van der Waals surface area contributed by atoms with E-state index in [2.05, 4.69) is 31.1 Å². The van der Waals surface area contributed by atoms with Crippen LogP contribution in [0.2, 0.25) is 0 Å². The summed E-state index contributed by atoms with van der Waals surface area (Å²) in [4.78, 5) is 3.96. The summed E-state index contributed by atoms with van der Waals surface area (Å²) in [5, 5.41) is 0. The molecule has 21 heavy (non-hydrogen) atoms. The van der Waals surface area contributed by atoms with E-state index in [9.17, 15) is 8.42 Å². The monoisotopic (exact) mass is 370 g/mol. The fraction of sp³-hybridized carbons (Fsp3) is 0.154. The van der Waals surface area contributed by atoms with Gasteiger partial charge in [-0.1, -0.05) is 6.07 Å². The predicted molar refractivity (Wildman–Crippen MR) is 86.5 cm³/mol. The third kappa shape index (κ3) is 3.52. The minimum absolute atomic E-state index is 0.0633. The summed E-state index contributed by atoms with van der Waals surface area (Å²) >= 11 is 3.38. The molecule has 0 aliphatic carbocycles. The van der Waals surface area contributed by atoms with Gasteiger partial charge < -0.3 is 5.43 Å². The number of sulfonamides is 1. The molecule has 0 amide bonds. The van der Waals surface area contributed by atoms with Gasteiger partial charge in [0.1, 0.15) is 10.7 Å². The molecule has 0 fully saturated rings. The van der Waals surface area contributed by atoms with Crippen molar-refractivity contribution in [2.75, 3.05) is 10.1 Å². The summed E-state index contributed by atoms with van der Waals surface area (Å²) in [6.45, 7) is 3.79. The van der Waals surface area contributed by atoms with Gasteiger partial charge in [0, 0.05) is 10.7 Å². The Hall–Kier alpha value is -1.64. The molecule has 0 aliphatic heterocycles. The van der Waals surface area contributed by atoms with Gasteiger partial charge in [0.15, 0.2) is 0 Å². The predicted octanol–water partition coefficient (Wildman–Crippen LogP) is 2.55. The highest BCUT2D eigenvalue weighted by atomic mass is 79.9. The van der Waals surface area contributed by atoms with E-state index < -0.39 is 10.0 Å². The number of halogens is 1. The molecule has 4 N–H and O–H groups in total. The second-order valence-corrected chi connectivity index (χ2v) is 7.10. The Kier molecular flexibility index (Phi) is 4.50. The van der Waals surface area contributed by atoms with Crippen molar-refractivity contribution < 1.29 is 8.42 Å². The van der Waals surface area contributed by atoms with Crippen LogP contribution in [0.3, 0.4) is 0 Å². The first-order chi connectivity index (χ1) is 9.83. The van der Waals surface area contributed by atoms with E-state index in [4.69, 9.17) is 5.84 Å². The Morgan fingerprint density at radius 1 is 1.24 bits per heavy atom. The minimum Gasteiger partial charge on any atom is -0.308 e. The van der Waals surface area contributed by atoms with Crippen LogP contribution in [0.1, 0.15) is 11.1 Å². The second kappa shape index (κ2) is 6.00. The number of aryl methyl sites for hydroxylation is 2. The molecule has 0 saturated heterocycles. The average molecular weight is 371 g/mol. The number of benzene rings is 1. The summed E-state index contributed by atoms with van der Waals surface area (Å²) in [5.41, 5.74) is 4.74. The number of nitrogen functional groups attached to an aromatic ring is 1. The molecule has 1 aromatic heterocycles. The molecule has 0 atom stereocenters. The molecule has 0 aliphatic rings. The molecular weight excluding hydrogens is 356 g/mol. The summed E-state index contributed by atoms with van der Waals surface area (Å²) < 4.78 is 28.0. The normalized spacial score (nSPS) is 11.2. The molecular formula is C13H15BrN4O2S. The quantitative estimate of drug-likeness (QED) is 0.567. The second-order valence-electron chi connectivity index (χ2n) is 4.57. The molecule has 0 bridgehead atoms. The van der Waals surface area contributed by atoms with Gasteiger partial charge in [0.25, 0.3) is 10.0 Å². The minimum atomic E-state index is -3.71. The molecule has 0 unspecified atom stereocenters. The highest BCUT2D eigenvalue weighted by molar-refractivity contribution is 9.10. The highest BCUT2D eigenvalue weighted by Gasteiger charge is 2.17. The molecule has 8 heteroatoms. The first-order valence-corrected chi connectivity index (χ1v) is 8.33. The number of hydrogen-bond acceptors (Lipinski definition) is 5. The van der Waals surface area contributed by atoms with Crippen LogP contribution in [0.15, 0.2) is 39.8 Å². The van der Waals surface area contributed by atoms with Crippen LogP contribution >= 0.6 is 15.9 Å². The Morgan fingerprint density at radius 2 is 1.95 bits per heavy atom. The standard InChI is InChI=1S/C13H15BrN4O2S/c1-8-5-9(2)13(11(14)6-8)18-21(19,20)10-3-4-12(17-15)16-7-10/h3-7,18H,15H2,1-2H3,(H,16,17). The average Bonchev–Trinajstić information content (AvgIpc) is 2.43. The number of nitrogens with zero attached hydrogens (tertiary/aromatic N) is 1. The van der Waals surface area contributed by atoms with Crippen molar-refractivity contribution in [2.45, 2.75) is 18.7 Å². The van der Waals surface area contributed by atoms with Crippen molar-refractivity contribution in [2.24, 2.45) is 5.84 Å². The van der Waals surface area contributed by atoms with Crippen LogP contribution in [0, 0.1) is 13.8 Å². The molecule has 2 rings (SSSR count). The van der Waals surface area contributed by atoms with Gasteiger partial charge in [-0.2, -0.15) is 0 Å². The van der Waals surface area contributed by atoms with Gasteiger partial charge in [-0.15, -0.1) is 0 Å². The van der Waals surface area contributed by atoms with E-state index in [1.807, 2.05) is 26.0 Å². The van der Waals surface area contributed by atoms with E-state index in [1.54, 1.807) is 0 Å². The maximum absolute atomic E-state index is 12.4. The maximum Gasteiger partial charge on any atom is 0.263 e. The number of nitrogens with two attached hydrogens (primary N) is 1. The number of rotatable bonds is 4. The smallest absolute Gasteiger partial charge is 0.263 e. The summed E-state index contributed by atoms with van der Waals surface area (Å²) in [6, 6.07) is 6.68. The summed E-state index contributed by atoms with van der Waals surface area (Å²) in [7, 11) is -3.71. The zero-order valence-electron chi connectivity index (χ0n) is 11.5. The first-order valence-electron chi connectivity index (χ1n) is 6.06. The van der Waals surface area contributed by atoms with Crippen molar-refractivity contribution in [3.05, 3.63) is 46.1 Å². The Bertz CT molecular complexity index is 737. The molecule has 1 heterocycles. The first kappa shape index (κ1) is 15.7. The van der Waals surface area contributed by atoms with Crippen LogP contribution in [-0.2, 0) is 10.0 Å². The lowest BCUT2D eigenvalue weighted by Crippen LogP contribution is -2.15. The van der Waals surface area contributed by atoms with Crippen molar-refractivity contribution in [3.8, 4) is 0 Å². The fourth-order valence-electron chi connectivity index (χ4n) is 1.86. The highest BCUT2D eigenvalue weighted by Crippen LogP contribution is 2.29. The number of nitrogens with one attached hydrogen (secondary N) is 2. The zero-order chi connectivity index (χ0) is 15.6. The van der Waals surface area contributed by atoms with E-state index >= 15 is 0 Å². The van der Waals surface area contributed by atoms with Gasteiger partial charge in [0.05, 0.1) is 5.69 Å². The van der Waals surface area contributed by atoms with Gasteiger partial charge in [-0.25, -0.2) is 19.2 Å². The summed E-state index contributed by atoms with van der Waals surface area (Å²) in [5.74, 6) is 5.59.